The Hall–Kier alpha value is -1.39. The number of carbonyl (C=O) groups excluding carboxylic acids is 1. The molecular weight excluding hydrogens is 204 g/mol. The van der Waals surface area contributed by atoms with Gasteiger partial charge in [0, 0.05) is 6.54 Å². The van der Waals surface area contributed by atoms with E-state index < -0.39 is 0 Å². The second kappa shape index (κ2) is 3.88. The molecule has 0 aliphatic heterocycles. The lowest BCUT2D eigenvalue weighted by Gasteiger charge is -2.15. The van der Waals surface area contributed by atoms with Gasteiger partial charge in [0.1, 0.15) is 0 Å². The molecule has 5 heteroatoms. The summed E-state index contributed by atoms with van der Waals surface area (Å²) in [5.74, 6) is 2.33. The van der Waals surface area contributed by atoms with Crippen molar-refractivity contribution < 1.29 is 4.79 Å². The lowest BCUT2D eigenvalue weighted by Crippen LogP contribution is -2.31. The molecule has 2 aliphatic carbocycles. The van der Waals surface area contributed by atoms with E-state index in [-0.39, 0.29) is 5.91 Å². The Bertz CT molecular complexity index is 355. The first kappa shape index (κ1) is 9.81. The number of hydrogen-bond acceptors (Lipinski definition) is 3. The number of rotatable bonds is 5. The zero-order valence-electron chi connectivity index (χ0n) is 9.15. The van der Waals surface area contributed by atoms with Crippen molar-refractivity contribution in [2.75, 3.05) is 6.54 Å². The molecule has 5 nitrogen and oxygen atoms in total. The van der Waals surface area contributed by atoms with Crippen molar-refractivity contribution in [1.82, 2.24) is 20.7 Å². The van der Waals surface area contributed by atoms with Crippen LogP contribution in [-0.4, -0.2) is 27.9 Å². The predicted molar refractivity (Wildman–Crippen MR) is 57.7 cm³/mol. The molecule has 0 saturated heterocycles. The van der Waals surface area contributed by atoms with E-state index in [0.717, 1.165) is 18.4 Å². The first-order chi connectivity index (χ1) is 7.84. The summed E-state index contributed by atoms with van der Waals surface area (Å²) in [5.41, 5.74) is 0.380. The van der Waals surface area contributed by atoms with Gasteiger partial charge in [0.2, 0.25) is 0 Å². The summed E-state index contributed by atoms with van der Waals surface area (Å²) in [4.78, 5) is 11.7. The van der Waals surface area contributed by atoms with Gasteiger partial charge < -0.3 is 5.32 Å². The number of nitrogens with zero attached hydrogens (tertiary/aromatic N) is 2. The smallest absolute Gasteiger partial charge is 0.273 e. The van der Waals surface area contributed by atoms with E-state index in [1.54, 1.807) is 0 Å². The lowest BCUT2D eigenvalue weighted by molar-refractivity contribution is 0.0938. The minimum atomic E-state index is -0.111. The normalized spacial score (nSPS) is 20.1. The van der Waals surface area contributed by atoms with Gasteiger partial charge in [-0.3, -0.25) is 4.79 Å². The molecule has 2 fully saturated rings. The van der Waals surface area contributed by atoms with Gasteiger partial charge in [0.25, 0.3) is 5.91 Å². The van der Waals surface area contributed by atoms with Gasteiger partial charge in [-0.05, 0) is 43.4 Å². The zero-order chi connectivity index (χ0) is 11.0. The first-order valence-electron chi connectivity index (χ1n) is 5.98. The van der Waals surface area contributed by atoms with Crippen LogP contribution in [-0.2, 0) is 0 Å². The van der Waals surface area contributed by atoms with Crippen LogP contribution in [0.15, 0.2) is 6.20 Å². The number of hydrogen-bond donors (Lipinski definition) is 2. The zero-order valence-corrected chi connectivity index (χ0v) is 9.15. The molecule has 2 aliphatic rings. The van der Waals surface area contributed by atoms with Crippen molar-refractivity contribution >= 4 is 5.91 Å². The highest BCUT2D eigenvalue weighted by molar-refractivity contribution is 5.91. The summed E-state index contributed by atoms with van der Waals surface area (Å²) in [6.45, 7) is 0.807. The third-order valence-electron chi connectivity index (χ3n) is 3.60. The Morgan fingerprint density at radius 3 is 2.62 bits per heavy atom. The van der Waals surface area contributed by atoms with Crippen LogP contribution in [0.4, 0.5) is 0 Å². The maximum atomic E-state index is 11.7. The summed E-state index contributed by atoms with van der Waals surface area (Å²) in [6.07, 6.45) is 6.85. The predicted octanol–water partition coefficient (Wildman–Crippen LogP) is 0.971. The van der Waals surface area contributed by atoms with Crippen molar-refractivity contribution in [3.63, 3.8) is 0 Å². The Morgan fingerprint density at radius 1 is 1.44 bits per heavy atom. The van der Waals surface area contributed by atoms with E-state index in [9.17, 15) is 4.79 Å². The SMILES string of the molecule is O=C(NCC(C1CC1)C1CC1)c1cn[nH]n1. The first-order valence-corrected chi connectivity index (χ1v) is 5.98. The topological polar surface area (TPSA) is 70.7 Å². The van der Waals surface area contributed by atoms with Gasteiger partial charge in [-0.1, -0.05) is 0 Å². The highest BCUT2D eigenvalue weighted by Crippen LogP contribution is 2.48. The molecule has 2 N–H and O–H groups in total. The van der Waals surface area contributed by atoms with E-state index in [4.69, 9.17) is 0 Å². The van der Waals surface area contributed by atoms with Crippen LogP contribution in [0.5, 0.6) is 0 Å². The summed E-state index contributed by atoms with van der Waals surface area (Å²) >= 11 is 0. The number of aromatic nitrogens is 3. The van der Waals surface area contributed by atoms with Crippen LogP contribution < -0.4 is 5.32 Å². The Labute approximate surface area is 94.0 Å². The molecule has 0 unspecified atom stereocenters. The third-order valence-corrected chi connectivity index (χ3v) is 3.60. The molecule has 3 rings (SSSR count). The molecule has 0 atom stereocenters. The molecular formula is C11H16N4O. The number of nitrogens with one attached hydrogen (secondary N) is 2. The van der Waals surface area contributed by atoms with Crippen molar-refractivity contribution in [3.05, 3.63) is 11.9 Å². The average Bonchev–Trinajstić information content (AvgIpc) is 3.21. The standard InChI is InChI=1S/C11H16N4O/c16-11(10-6-13-15-14-10)12-5-9(7-1-2-7)8-3-4-8/h6-9H,1-5H2,(H,12,16)(H,13,14,15). The van der Waals surface area contributed by atoms with Crippen molar-refractivity contribution in [2.24, 2.45) is 17.8 Å². The van der Waals surface area contributed by atoms with E-state index >= 15 is 0 Å². The molecule has 1 aromatic heterocycles. The van der Waals surface area contributed by atoms with Crippen LogP contribution in [0.1, 0.15) is 36.2 Å². The maximum Gasteiger partial charge on any atom is 0.273 e. The van der Waals surface area contributed by atoms with Crippen LogP contribution >= 0.6 is 0 Å². The van der Waals surface area contributed by atoms with E-state index in [0.29, 0.717) is 11.6 Å². The fraction of sp³-hybridized carbons (Fsp3) is 0.727. The molecule has 0 radical (unpaired) electrons. The van der Waals surface area contributed by atoms with E-state index in [1.165, 1.54) is 31.9 Å². The molecule has 2 saturated carbocycles. The second-order valence-electron chi connectivity index (χ2n) is 4.90. The largest absolute Gasteiger partial charge is 0.350 e. The summed E-state index contributed by atoms with van der Waals surface area (Å²) in [5, 5.41) is 12.8. The van der Waals surface area contributed by atoms with Crippen LogP contribution in [0.3, 0.4) is 0 Å². The van der Waals surface area contributed by atoms with E-state index in [2.05, 4.69) is 20.7 Å². The van der Waals surface area contributed by atoms with Crippen molar-refractivity contribution in [1.29, 1.82) is 0 Å². The molecule has 1 amide bonds. The van der Waals surface area contributed by atoms with Crippen molar-refractivity contribution in [3.8, 4) is 0 Å². The fourth-order valence-electron chi connectivity index (χ4n) is 2.38. The van der Waals surface area contributed by atoms with Crippen LogP contribution in [0, 0.1) is 17.8 Å². The minimum Gasteiger partial charge on any atom is -0.350 e. The Kier molecular flexibility index (Phi) is 2.38. The van der Waals surface area contributed by atoms with Gasteiger partial charge in [0.05, 0.1) is 6.20 Å². The van der Waals surface area contributed by atoms with Crippen LogP contribution in [0.25, 0.3) is 0 Å². The quantitative estimate of drug-likeness (QED) is 0.776. The molecule has 0 aromatic carbocycles. The molecule has 86 valence electrons. The van der Waals surface area contributed by atoms with Gasteiger partial charge >= 0.3 is 0 Å². The fourth-order valence-corrected chi connectivity index (χ4v) is 2.38. The number of H-pyrrole nitrogens is 1. The maximum absolute atomic E-state index is 11.7. The number of aromatic amines is 1. The summed E-state index contributed by atoms with van der Waals surface area (Å²) in [6, 6.07) is 0. The van der Waals surface area contributed by atoms with E-state index in [1.807, 2.05) is 0 Å². The Balaban J connectivity index is 1.53. The van der Waals surface area contributed by atoms with Gasteiger partial charge in [-0.2, -0.15) is 15.4 Å². The summed E-state index contributed by atoms with van der Waals surface area (Å²) < 4.78 is 0. The van der Waals surface area contributed by atoms with Gasteiger partial charge in [-0.15, -0.1) is 0 Å². The minimum absolute atomic E-state index is 0.111. The van der Waals surface area contributed by atoms with Gasteiger partial charge in [-0.25, -0.2) is 0 Å². The van der Waals surface area contributed by atoms with Crippen LogP contribution in [0.2, 0.25) is 0 Å². The summed E-state index contributed by atoms with van der Waals surface area (Å²) in [7, 11) is 0. The lowest BCUT2D eigenvalue weighted by atomic mass is 9.98. The monoisotopic (exact) mass is 220 g/mol. The molecule has 1 heterocycles. The second-order valence-corrected chi connectivity index (χ2v) is 4.90. The third kappa shape index (κ3) is 2.08. The molecule has 0 bridgehead atoms. The average molecular weight is 220 g/mol. The molecule has 16 heavy (non-hydrogen) atoms. The molecule has 0 spiro atoms. The number of carbonyl (C=O) groups is 1. The highest BCUT2D eigenvalue weighted by atomic mass is 16.1. The number of amides is 1. The van der Waals surface area contributed by atoms with Gasteiger partial charge in [0.15, 0.2) is 5.69 Å². The van der Waals surface area contributed by atoms with Crippen molar-refractivity contribution in [2.45, 2.75) is 25.7 Å². The molecule has 1 aromatic rings. The highest BCUT2D eigenvalue weighted by Gasteiger charge is 2.41. The Morgan fingerprint density at radius 2 is 2.12 bits per heavy atom.